The molecule has 1 aromatic heterocycles. The molecule has 1 aliphatic rings. The highest BCUT2D eigenvalue weighted by Crippen LogP contribution is 2.24. The quantitative estimate of drug-likeness (QED) is 0.176. The molecule has 2 heterocycles. The van der Waals surface area contributed by atoms with Crippen LogP contribution >= 0.6 is 24.0 Å². The van der Waals surface area contributed by atoms with E-state index < -0.39 is 0 Å². The second kappa shape index (κ2) is 12.8. The van der Waals surface area contributed by atoms with Gasteiger partial charge in [-0.2, -0.15) is 0 Å². The SMILES string of the molecule is CCNC(=NCc1ccc(C)cc1OC1CCOC1)NCCCn1cnc2ccccc21.I. The third-order valence-corrected chi connectivity index (χ3v) is 5.55. The number of para-hydroxylation sites is 2. The van der Waals surface area contributed by atoms with Gasteiger partial charge in [-0.1, -0.05) is 24.3 Å². The molecule has 0 radical (unpaired) electrons. The van der Waals surface area contributed by atoms with E-state index in [2.05, 4.69) is 64.4 Å². The number of halogens is 1. The van der Waals surface area contributed by atoms with Crippen molar-refractivity contribution < 1.29 is 9.47 Å². The molecule has 4 rings (SSSR count). The van der Waals surface area contributed by atoms with Crippen molar-refractivity contribution >= 4 is 41.0 Å². The number of hydrogen-bond donors (Lipinski definition) is 2. The fourth-order valence-electron chi connectivity index (χ4n) is 3.84. The van der Waals surface area contributed by atoms with Gasteiger partial charge in [0, 0.05) is 31.6 Å². The highest BCUT2D eigenvalue weighted by molar-refractivity contribution is 14.0. The van der Waals surface area contributed by atoms with Gasteiger partial charge in [0.25, 0.3) is 0 Å². The van der Waals surface area contributed by atoms with Crippen LogP contribution in [0.4, 0.5) is 0 Å². The summed E-state index contributed by atoms with van der Waals surface area (Å²) in [6.45, 7) is 8.70. The van der Waals surface area contributed by atoms with E-state index in [-0.39, 0.29) is 30.1 Å². The van der Waals surface area contributed by atoms with E-state index in [1.165, 1.54) is 11.1 Å². The van der Waals surface area contributed by atoms with Gasteiger partial charge < -0.3 is 24.7 Å². The van der Waals surface area contributed by atoms with Gasteiger partial charge >= 0.3 is 0 Å². The van der Waals surface area contributed by atoms with Crippen LogP contribution in [0.25, 0.3) is 11.0 Å². The predicted octanol–water partition coefficient (Wildman–Crippen LogP) is 4.28. The van der Waals surface area contributed by atoms with Crippen molar-refractivity contribution in [3.05, 3.63) is 59.9 Å². The van der Waals surface area contributed by atoms with Gasteiger partial charge in [-0.05, 0) is 44.0 Å². The van der Waals surface area contributed by atoms with Gasteiger partial charge in [0.2, 0.25) is 0 Å². The van der Waals surface area contributed by atoms with Crippen molar-refractivity contribution in [1.82, 2.24) is 20.2 Å². The Kier molecular flexibility index (Phi) is 9.80. The average molecular weight is 563 g/mol. The number of fused-ring (bicyclic) bond motifs is 1. The van der Waals surface area contributed by atoms with E-state index in [0.717, 1.165) is 61.9 Å². The summed E-state index contributed by atoms with van der Waals surface area (Å²) < 4.78 is 13.9. The number of aliphatic imine (C=N–C) groups is 1. The normalized spacial score (nSPS) is 15.9. The molecule has 178 valence electrons. The van der Waals surface area contributed by atoms with E-state index in [9.17, 15) is 0 Å². The molecular formula is C25H34IN5O2. The minimum absolute atomic E-state index is 0. The summed E-state index contributed by atoms with van der Waals surface area (Å²) >= 11 is 0. The van der Waals surface area contributed by atoms with E-state index in [4.69, 9.17) is 14.5 Å². The number of nitrogens with zero attached hydrogens (tertiary/aromatic N) is 3. The van der Waals surface area contributed by atoms with Crippen molar-refractivity contribution in [2.24, 2.45) is 4.99 Å². The predicted molar refractivity (Wildman–Crippen MR) is 144 cm³/mol. The zero-order valence-electron chi connectivity index (χ0n) is 19.4. The Balaban J connectivity index is 0.00000306. The Morgan fingerprint density at radius 3 is 2.94 bits per heavy atom. The summed E-state index contributed by atoms with van der Waals surface area (Å²) in [7, 11) is 0. The summed E-state index contributed by atoms with van der Waals surface area (Å²) in [5.41, 5.74) is 4.48. The number of nitrogens with one attached hydrogen (secondary N) is 2. The number of rotatable bonds is 9. The lowest BCUT2D eigenvalue weighted by Crippen LogP contribution is -2.38. The smallest absolute Gasteiger partial charge is 0.191 e. The first-order valence-electron chi connectivity index (χ1n) is 11.5. The summed E-state index contributed by atoms with van der Waals surface area (Å²) in [4.78, 5) is 9.26. The number of aromatic nitrogens is 2. The maximum atomic E-state index is 6.21. The van der Waals surface area contributed by atoms with Crippen LogP contribution in [0.1, 0.15) is 30.9 Å². The first-order chi connectivity index (χ1) is 15.7. The monoisotopic (exact) mass is 563 g/mol. The lowest BCUT2D eigenvalue weighted by Gasteiger charge is -2.16. The van der Waals surface area contributed by atoms with Crippen molar-refractivity contribution in [3.63, 3.8) is 0 Å². The first-order valence-corrected chi connectivity index (χ1v) is 11.5. The molecule has 2 aromatic carbocycles. The molecule has 1 fully saturated rings. The van der Waals surface area contributed by atoms with Gasteiger partial charge in [-0.3, -0.25) is 0 Å². The third-order valence-electron chi connectivity index (χ3n) is 5.55. The van der Waals surface area contributed by atoms with E-state index in [1.54, 1.807) is 0 Å². The van der Waals surface area contributed by atoms with Gasteiger partial charge in [-0.15, -0.1) is 24.0 Å². The van der Waals surface area contributed by atoms with E-state index >= 15 is 0 Å². The van der Waals surface area contributed by atoms with Crippen LogP contribution in [-0.4, -0.2) is 47.9 Å². The molecule has 0 bridgehead atoms. The number of guanidine groups is 1. The molecule has 7 nitrogen and oxygen atoms in total. The van der Waals surface area contributed by atoms with Crippen LogP contribution in [0.3, 0.4) is 0 Å². The standard InChI is InChI=1S/C25H33N5O2.HI/c1-3-26-25(27-12-6-13-30-18-29-22-7-4-5-8-23(22)30)28-16-20-10-9-19(2)15-24(20)32-21-11-14-31-17-21;/h4-5,7-10,15,18,21H,3,6,11-14,16-17H2,1-2H3,(H2,26,27,28);1H. The molecule has 0 saturated carbocycles. The van der Waals surface area contributed by atoms with Gasteiger partial charge in [0.1, 0.15) is 11.9 Å². The molecule has 33 heavy (non-hydrogen) atoms. The zero-order valence-corrected chi connectivity index (χ0v) is 21.7. The maximum absolute atomic E-state index is 6.21. The summed E-state index contributed by atoms with van der Waals surface area (Å²) in [5, 5.41) is 6.79. The lowest BCUT2D eigenvalue weighted by atomic mass is 10.1. The highest BCUT2D eigenvalue weighted by atomic mass is 127. The van der Waals surface area contributed by atoms with Crippen LogP contribution in [0.15, 0.2) is 53.8 Å². The summed E-state index contributed by atoms with van der Waals surface area (Å²) in [6, 6.07) is 14.5. The molecule has 1 unspecified atom stereocenters. The van der Waals surface area contributed by atoms with Crippen LogP contribution in [0.5, 0.6) is 5.75 Å². The molecule has 2 N–H and O–H groups in total. The van der Waals surface area contributed by atoms with Crippen LogP contribution in [0, 0.1) is 6.92 Å². The minimum atomic E-state index is 0. The molecule has 1 atom stereocenters. The number of ether oxygens (including phenoxy) is 2. The molecule has 0 amide bonds. The number of aryl methyl sites for hydroxylation is 2. The van der Waals surface area contributed by atoms with Gasteiger partial charge in [-0.25, -0.2) is 9.98 Å². The fourth-order valence-corrected chi connectivity index (χ4v) is 3.84. The Morgan fingerprint density at radius 2 is 2.12 bits per heavy atom. The second-order valence-electron chi connectivity index (χ2n) is 8.12. The Bertz CT molecular complexity index is 1050. The van der Waals surface area contributed by atoms with Crippen LogP contribution in [0.2, 0.25) is 0 Å². The summed E-state index contributed by atoms with van der Waals surface area (Å²) in [6.07, 6.45) is 3.96. The van der Waals surface area contributed by atoms with Gasteiger partial charge in [0.15, 0.2) is 5.96 Å². The molecule has 8 heteroatoms. The van der Waals surface area contributed by atoms with Crippen LogP contribution < -0.4 is 15.4 Å². The van der Waals surface area contributed by atoms with Crippen molar-refractivity contribution in [2.75, 3.05) is 26.3 Å². The molecule has 0 aliphatic carbocycles. The second-order valence-corrected chi connectivity index (χ2v) is 8.12. The van der Waals surface area contributed by atoms with E-state index in [1.807, 2.05) is 18.5 Å². The van der Waals surface area contributed by atoms with Crippen molar-refractivity contribution in [3.8, 4) is 5.75 Å². The molecule has 1 aliphatic heterocycles. The molecule has 3 aromatic rings. The maximum Gasteiger partial charge on any atom is 0.191 e. The van der Waals surface area contributed by atoms with Gasteiger partial charge in [0.05, 0.1) is 37.1 Å². The Hall–Kier alpha value is -2.33. The Labute approximate surface area is 213 Å². The molecule has 1 saturated heterocycles. The zero-order chi connectivity index (χ0) is 22.2. The fraction of sp³-hybridized carbons (Fsp3) is 0.440. The summed E-state index contributed by atoms with van der Waals surface area (Å²) in [5.74, 6) is 1.73. The number of imidazole rings is 1. The topological polar surface area (TPSA) is 72.7 Å². The third kappa shape index (κ3) is 7.07. The highest BCUT2D eigenvalue weighted by Gasteiger charge is 2.18. The van der Waals surface area contributed by atoms with Crippen molar-refractivity contribution in [1.29, 1.82) is 0 Å². The minimum Gasteiger partial charge on any atom is -0.488 e. The van der Waals surface area contributed by atoms with Crippen LogP contribution in [-0.2, 0) is 17.8 Å². The number of benzene rings is 2. The largest absolute Gasteiger partial charge is 0.488 e. The lowest BCUT2D eigenvalue weighted by molar-refractivity contribution is 0.140. The molecular weight excluding hydrogens is 529 g/mol. The van der Waals surface area contributed by atoms with E-state index in [0.29, 0.717) is 13.2 Å². The first kappa shape index (κ1) is 25.3. The average Bonchev–Trinajstić information content (AvgIpc) is 3.46. The Morgan fingerprint density at radius 1 is 1.24 bits per heavy atom. The van der Waals surface area contributed by atoms with Crippen molar-refractivity contribution in [2.45, 2.75) is 45.9 Å². The number of hydrogen-bond acceptors (Lipinski definition) is 4. The molecule has 0 spiro atoms.